The Kier molecular flexibility index (Phi) is 6.09. The lowest BCUT2D eigenvalue weighted by atomic mass is 10.1. The molecule has 0 bridgehead atoms. The minimum Gasteiger partial charge on any atom is -0.493 e. The third-order valence-corrected chi connectivity index (χ3v) is 4.39. The molecule has 1 saturated heterocycles. The van der Waals surface area contributed by atoms with Gasteiger partial charge < -0.3 is 9.47 Å². The molecule has 1 aliphatic rings. The van der Waals surface area contributed by atoms with Crippen LogP contribution in [0, 0.1) is 11.6 Å². The maximum Gasteiger partial charge on any atom is 0.345 e. The van der Waals surface area contributed by atoms with Gasteiger partial charge in [0.2, 0.25) is 0 Å². The van der Waals surface area contributed by atoms with Crippen LogP contribution in [0.5, 0.6) is 11.5 Å². The Morgan fingerprint density at radius 3 is 2.33 bits per heavy atom. The molecule has 2 N–H and O–H groups in total. The molecule has 2 amide bonds. The maximum atomic E-state index is 13.4. The molecule has 0 radical (unpaired) electrons. The highest BCUT2D eigenvalue weighted by atomic mass is 35.5. The summed E-state index contributed by atoms with van der Waals surface area (Å²) in [4.78, 5) is 36.2. The first-order valence-electron chi connectivity index (χ1n) is 8.12. The molecule has 0 saturated carbocycles. The van der Waals surface area contributed by atoms with Crippen molar-refractivity contribution >= 4 is 52.8 Å². The van der Waals surface area contributed by atoms with Crippen LogP contribution in [-0.4, -0.2) is 30.0 Å². The molecule has 0 spiro atoms. The zero-order chi connectivity index (χ0) is 22.0. The van der Waals surface area contributed by atoms with E-state index < -0.39 is 29.4 Å². The van der Waals surface area contributed by atoms with E-state index in [9.17, 15) is 23.2 Å². The molecule has 11 heteroatoms. The quantitative estimate of drug-likeness (QED) is 0.185. The van der Waals surface area contributed by atoms with Crippen molar-refractivity contribution in [3.8, 4) is 11.5 Å². The van der Waals surface area contributed by atoms with E-state index in [1.807, 2.05) is 0 Å². The fraction of sp³-hybridized carbons (Fsp3) is 0.0526. The average Bonchev–Trinajstić information content (AvgIpc) is 2.68. The molecule has 3 rings (SSSR count). The molecule has 2 aromatic rings. The molecule has 2 aromatic carbocycles. The van der Waals surface area contributed by atoms with Gasteiger partial charge in [-0.05, 0) is 48.1 Å². The van der Waals surface area contributed by atoms with Gasteiger partial charge in [0, 0.05) is 0 Å². The van der Waals surface area contributed by atoms with Gasteiger partial charge in [-0.25, -0.2) is 13.6 Å². The zero-order valence-corrected chi connectivity index (χ0v) is 16.6. The molecule has 1 heterocycles. The number of carbonyl (C=O) groups excluding carboxylic acids is 3. The van der Waals surface area contributed by atoms with Gasteiger partial charge in [-0.3, -0.25) is 20.2 Å². The van der Waals surface area contributed by atoms with Crippen molar-refractivity contribution < 1.29 is 32.6 Å². The van der Waals surface area contributed by atoms with E-state index in [1.54, 1.807) is 0 Å². The number of thiocarbonyl (C=S) groups is 1. The lowest BCUT2D eigenvalue weighted by Gasteiger charge is -2.16. The molecule has 0 unspecified atom stereocenters. The van der Waals surface area contributed by atoms with E-state index >= 15 is 0 Å². The third-order valence-electron chi connectivity index (χ3n) is 3.87. The molecule has 154 valence electrons. The van der Waals surface area contributed by atoms with Gasteiger partial charge >= 0.3 is 5.97 Å². The Morgan fingerprint density at radius 1 is 1.07 bits per heavy atom. The molecule has 1 fully saturated rings. The summed E-state index contributed by atoms with van der Waals surface area (Å²) in [5.74, 6) is -4.83. The second-order valence-electron chi connectivity index (χ2n) is 5.84. The van der Waals surface area contributed by atoms with E-state index in [1.165, 1.54) is 31.4 Å². The Bertz CT molecular complexity index is 1110. The average molecular weight is 453 g/mol. The van der Waals surface area contributed by atoms with E-state index in [4.69, 9.17) is 33.3 Å². The van der Waals surface area contributed by atoms with Crippen molar-refractivity contribution in [1.29, 1.82) is 0 Å². The Morgan fingerprint density at radius 2 is 1.70 bits per heavy atom. The largest absolute Gasteiger partial charge is 0.493 e. The van der Waals surface area contributed by atoms with Crippen molar-refractivity contribution in [3.05, 3.63) is 63.7 Å². The summed E-state index contributed by atoms with van der Waals surface area (Å²) in [6.07, 6.45) is 1.28. The summed E-state index contributed by atoms with van der Waals surface area (Å²) in [7, 11) is 1.30. The van der Waals surface area contributed by atoms with Crippen LogP contribution in [0.1, 0.15) is 15.9 Å². The van der Waals surface area contributed by atoms with Crippen LogP contribution in [-0.2, 0) is 9.59 Å². The van der Waals surface area contributed by atoms with Crippen LogP contribution in [0.4, 0.5) is 8.78 Å². The number of nitrogens with one attached hydrogen (secondary N) is 2. The first kappa shape index (κ1) is 21.3. The smallest absolute Gasteiger partial charge is 0.345 e. The van der Waals surface area contributed by atoms with Gasteiger partial charge in [0.15, 0.2) is 28.2 Å². The van der Waals surface area contributed by atoms with Crippen molar-refractivity contribution in [1.82, 2.24) is 10.6 Å². The standard InChI is InChI=1S/C19H11ClF2N2O5S/c1-28-15-5-8(4-10-16(25)23-19(30)24-17(10)26)2-3-14(15)29-18(27)9-6-12(21)13(22)7-11(9)20/h2-7H,1H3,(H2,23,24,25,26,30). The number of esters is 1. The number of ether oxygens (including phenoxy) is 2. The van der Waals surface area contributed by atoms with Crippen LogP contribution in [0.3, 0.4) is 0 Å². The van der Waals surface area contributed by atoms with Crippen molar-refractivity contribution in [2.24, 2.45) is 0 Å². The fourth-order valence-corrected chi connectivity index (χ4v) is 2.88. The van der Waals surface area contributed by atoms with E-state index in [0.717, 1.165) is 0 Å². The highest BCUT2D eigenvalue weighted by Gasteiger charge is 2.26. The maximum absolute atomic E-state index is 13.4. The SMILES string of the molecule is COc1cc(C=C2C(=O)NC(=S)NC2=O)ccc1OC(=O)c1cc(F)c(F)cc1Cl. The molecular weight excluding hydrogens is 442 g/mol. The number of hydrogen-bond donors (Lipinski definition) is 2. The summed E-state index contributed by atoms with van der Waals surface area (Å²) in [6, 6.07) is 5.45. The lowest BCUT2D eigenvalue weighted by Crippen LogP contribution is -2.51. The summed E-state index contributed by atoms with van der Waals surface area (Å²) in [5.41, 5.74) is -0.190. The van der Waals surface area contributed by atoms with Gasteiger partial charge in [0.25, 0.3) is 11.8 Å². The van der Waals surface area contributed by atoms with Gasteiger partial charge in [0.1, 0.15) is 5.57 Å². The number of hydrogen-bond acceptors (Lipinski definition) is 6. The minimum absolute atomic E-state index is 0.0517. The molecule has 0 atom stereocenters. The van der Waals surface area contributed by atoms with Gasteiger partial charge in [-0.1, -0.05) is 17.7 Å². The second kappa shape index (κ2) is 8.56. The number of methoxy groups -OCH3 is 1. The van der Waals surface area contributed by atoms with Gasteiger partial charge in [-0.2, -0.15) is 0 Å². The number of amides is 2. The van der Waals surface area contributed by atoms with Gasteiger partial charge in [0.05, 0.1) is 17.7 Å². The van der Waals surface area contributed by atoms with Crippen LogP contribution < -0.4 is 20.1 Å². The van der Waals surface area contributed by atoms with E-state index in [0.29, 0.717) is 17.7 Å². The Balaban J connectivity index is 1.88. The minimum atomic E-state index is -1.26. The van der Waals surface area contributed by atoms with Crippen molar-refractivity contribution in [2.75, 3.05) is 7.11 Å². The molecular formula is C19H11ClF2N2O5S. The number of carbonyl (C=O) groups is 3. The molecule has 7 nitrogen and oxygen atoms in total. The predicted molar refractivity (Wildman–Crippen MR) is 106 cm³/mol. The number of benzene rings is 2. The van der Waals surface area contributed by atoms with Crippen LogP contribution in [0.15, 0.2) is 35.9 Å². The van der Waals surface area contributed by atoms with Crippen LogP contribution in [0.25, 0.3) is 6.08 Å². The Labute approximate surface area is 178 Å². The third kappa shape index (κ3) is 4.44. The molecule has 30 heavy (non-hydrogen) atoms. The highest BCUT2D eigenvalue weighted by Crippen LogP contribution is 2.31. The zero-order valence-electron chi connectivity index (χ0n) is 15.0. The highest BCUT2D eigenvalue weighted by molar-refractivity contribution is 7.80. The van der Waals surface area contributed by atoms with Crippen molar-refractivity contribution in [2.45, 2.75) is 0 Å². The lowest BCUT2D eigenvalue weighted by molar-refractivity contribution is -0.123. The summed E-state index contributed by atoms with van der Waals surface area (Å²) < 4.78 is 36.9. The van der Waals surface area contributed by atoms with Gasteiger partial charge in [-0.15, -0.1) is 0 Å². The molecule has 0 aliphatic carbocycles. The molecule has 0 aromatic heterocycles. The van der Waals surface area contributed by atoms with E-state index in [-0.39, 0.29) is 32.8 Å². The Hall–Kier alpha value is -3.37. The van der Waals surface area contributed by atoms with E-state index in [2.05, 4.69) is 10.6 Å². The van der Waals surface area contributed by atoms with Crippen LogP contribution >= 0.6 is 23.8 Å². The summed E-state index contributed by atoms with van der Waals surface area (Å²) >= 11 is 10.5. The first-order valence-corrected chi connectivity index (χ1v) is 8.91. The monoisotopic (exact) mass is 452 g/mol. The summed E-state index contributed by atoms with van der Waals surface area (Å²) in [5, 5.41) is 4.17. The summed E-state index contributed by atoms with van der Waals surface area (Å²) in [6.45, 7) is 0. The number of halogens is 3. The first-order chi connectivity index (χ1) is 14.2. The predicted octanol–water partition coefficient (Wildman–Crippen LogP) is 2.76. The van der Waals surface area contributed by atoms with Crippen LogP contribution in [0.2, 0.25) is 5.02 Å². The topological polar surface area (TPSA) is 93.7 Å². The normalized spacial score (nSPS) is 13.5. The molecule has 1 aliphatic heterocycles. The number of rotatable bonds is 4. The fourth-order valence-electron chi connectivity index (χ4n) is 2.47. The second-order valence-corrected chi connectivity index (χ2v) is 6.66. The van der Waals surface area contributed by atoms with Crippen molar-refractivity contribution in [3.63, 3.8) is 0 Å².